The van der Waals surface area contributed by atoms with E-state index in [9.17, 15) is 0 Å². The Morgan fingerprint density at radius 3 is 2.15 bits per heavy atom. The standard InChI is InChI=1S/C11H9N.Cr/c1-2-6-11(7-3-1)10-12-8-4-5-9-12;/h1-9H;. The van der Waals surface area contributed by atoms with Crippen molar-refractivity contribution in [3.63, 3.8) is 0 Å². The Labute approximate surface area is 85.6 Å². The Kier molecular flexibility index (Phi) is 2.45. The van der Waals surface area contributed by atoms with Gasteiger partial charge in [0.15, 0.2) is 0 Å². The molecule has 2 heteroatoms. The van der Waals surface area contributed by atoms with Gasteiger partial charge in [-0.3, -0.25) is 0 Å². The van der Waals surface area contributed by atoms with Gasteiger partial charge in [-0.15, -0.1) is 0 Å². The van der Waals surface area contributed by atoms with Gasteiger partial charge in [-0.1, -0.05) is 0 Å². The van der Waals surface area contributed by atoms with Crippen LogP contribution in [0.5, 0.6) is 0 Å². The summed E-state index contributed by atoms with van der Waals surface area (Å²) in [5, 5.41) is 0. The van der Waals surface area contributed by atoms with Gasteiger partial charge < -0.3 is 0 Å². The van der Waals surface area contributed by atoms with Crippen LogP contribution in [0.25, 0.3) is 0 Å². The third kappa shape index (κ3) is 1.80. The number of nitrogens with zero attached hydrogens (tertiary/aromatic N) is 1. The fraction of sp³-hybridized carbons (Fsp3) is 0. The van der Waals surface area contributed by atoms with Gasteiger partial charge in [0.1, 0.15) is 0 Å². The van der Waals surface area contributed by atoms with Crippen molar-refractivity contribution in [1.82, 2.24) is 4.57 Å². The van der Waals surface area contributed by atoms with E-state index >= 15 is 0 Å². The van der Waals surface area contributed by atoms with Crippen LogP contribution in [0.2, 0.25) is 0 Å². The molecule has 1 nitrogen and oxygen atoms in total. The van der Waals surface area contributed by atoms with Crippen molar-refractivity contribution in [2.75, 3.05) is 0 Å². The molecule has 0 aliphatic rings. The Balaban J connectivity index is 2.34. The molecular weight excluding hydrogens is 198 g/mol. The SMILES string of the molecule is [Cr]=[C](c1ccccc1)n1cccc1. The molecule has 0 spiro atoms. The second-order valence-corrected chi connectivity index (χ2v) is 3.37. The molecule has 1 heterocycles. The predicted octanol–water partition coefficient (Wildman–Crippen LogP) is 2.06. The summed E-state index contributed by atoms with van der Waals surface area (Å²) >= 11 is 3.08. The van der Waals surface area contributed by atoms with Crippen molar-refractivity contribution in [2.24, 2.45) is 0 Å². The van der Waals surface area contributed by atoms with E-state index < -0.39 is 0 Å². The zero-order valence-electron chi connectivity index (χ0n) is 7.05. The number of rotatable bonds is 2. The molecule has 0 fully saturated rings. The molecule has 0 N–H and O–H groups in total. The van der Waals surface area contributed by atoms with Crippen LogP contribution in [-0.4, -0.2) is 9.07 Å². The van der Waals surface area contributed by atoms with Gasteiger partial charge in [-0.25, -0.2) is 0 Å². The number of benzene rings is 1. The first-order chi connectivity index (χ1) is 6.38. The van der Waals surface area contributed by atoms with Crippen LogP contribution in [-0.2, 0) is 15.9 Å². The molecule has 0 atom stereocenters. The predicted molar refractivity (Wildman–Crippen MR) is 50.4 cm³/mol. The molecule has 0 radical (unpaired) electrons. The van der Waals surface area contributed by atoms with Gasteiger partial charge >= 0.3 is 85.3 Å². The summed E-state index contributed by atoms with van der Waals surface area (Å²) < 4.78 is 3.20. The molecule has 13 heavy (non-hydrogen) atoms. The topological polar surface area (TPSA) is 4.93 Å². The number of hydrogen-bond donors (Lipinski definition) is 0. The van der Waals surface area contributed by atoms with Crippen LogP contribution >= 0.6 is 0 Å². The zero-order chi connectivity index (χ0) is 9.10. The Morgan fingerprint density at radius 1 is 0.923 bits per heavy atom. The molecule has 0 saturated carbocycles. The molecule has 0 unspecified atom stereocenters. The van der Waals surface area contributed by atoms with Crippen molar-refractivity contribution in [1.29, 1.82) is 0 Å². The van der Waals surface area contributed by atoms with E-state index in [4.69, 9.17) is 0 Å². The number of aromatic nitrogens is 1. The Bertz CT molecular complexity index is 389. The molecule has 1 aromatic carbocycles. The summed E-state index contributed by atoms with van der Waals surface area (Å²) in [6.07, 6.45) is 4.05. The van der Waals surface area contributed by atoms with Crippen LogP contribution < -0.4 is 0 Å². The number of hydrogen-bond acceptors (Lipinski definition) is 0. The summed E-state index contributed by atoms with van der Waals surface area (Å²) in [5.41, 5.74) is 1.21. The third-order valence-electron chi connectivity index (χ3n) is 1.86. The van der Waals surface area contributed by atoms with Gasteiger partial charge in [0.25, 0.3) is 0 Å². The van der Waals surface area contributed by atoms with Gasteiger partial charge in [0, 0.05) is 0 Å². The molecule has 0 aliphatic carbocycles. The summed E-state index contributed by atoms with van der Waals surface area (Å²) in [4.78, 5) is 0. The maximum absolute atomic E-state index is 3.08. The summed E-state index contributed by atoms with van der Waals surface area (Å²) in [6, 6.07) is 14.3. The minimum absolute atomic E-state index is 1.13. The Morgan fingerprint density at radius 2 is 1.54 bits per heavy atom. The molecule has 0 saturated heterocycles. The van der Waals surface area contributed by atoms with E-state index in [1.807, 2.05) is 42.7 Å². The van der Waals surface area contributed by atoms with Crippen molar-refractivity contribution >= 4 is 4.50 Å². The third-order valence-corrected chi connectivity index (χ3v) is 2.56. The van der Waals surface area contributed by atoms with Crippen molar-refractivity contribution in [2.45, 2.75) is 0 Å². The first-order valence-electron chi connectivity index (χ1n) is 4.10. The van der Waals surface area contributed by atoms with Gasteiger partial charge in [0.2, 0.25) is 0 Å². The summed E-state index contributed by atoms with van der Waals surface area (Å²) in [5.74, 6) is 0. The maximum atomic E-state index is 3.08. The summed E-state index contributed by atoms with van der Waals surface area (Å²) in [6.45, 7) is 0. The summed E-state index contributed by atoms with van der Waals surface area (Å²) in [7, 11) is 0. The average Bonchev–Trinajstić information content (AvgIpc) is 2.71. The molecular formula is C11H9CrN. The Hall–Kier alpha value is -1.10. The fourth-order valence-electron chi connectivity index (χ4n) is 1.20. The van der Waals surface area contributed by atoms with E-state index in [2.05, 4.69) is 32.6 Å². The quantitative estimate of drug-likeness (QED) is 0.710. The molecule has 64 valence electrons. The zero-order valence-corrected chi connectivity index (χ0v) is 8.33. The van der Waals surface area contributed by atoms with Crippen molar-refractivity contribution in [3.05, 3.63) is 60.4 Å². The molecule has 2 rings (SSSR count). The van der Waals surface area contributed by atoms with Gasteiger partial charge in [-0.05, 0) is 0 Å². The molecule has 1 aromatic heterocycles. The fourth-order valence-corrected chi connectivity index (χ4v) is 1.60. The average molecular weight is 207 g/mol. The normalized spacial score (nSPS) is 9.85. The van der Waals surface area contributed by atoms with E-state index in [1.54, 1.807) is 0 Å². The molecule has 2 aromatic rings. The van der Waals surface area contributed by atoms with Crippen LogP contribution in [0, 0.1) is 0 Å². The van der Waals surface area contributed by atoms with Crippen molar-refractivity contribution < 1.29 is 15.9 Å². The van der Waals surface area contributed by atoms with Gasteiger partial charge in [-0.2, -0.15) is 0 Å². The van der Waals surface area contributed by atoms with Gasteiger partial charge in [0.05, 0.1) is 0 Å². The van der Waals surface area contributed by atoms with Crippen LogP contribution in [0.4, 0.5) is 0 Å². The van der Waals surface area contributed by atoms with E-state index in [0.29, 0.717) is 0 Å². The van der Waals surface area contributed by atoms with E-state index in [-0.39, 0.29) is 0 Å². The second-order valence-electron chi connectivity index (χ2n) is 2.76. The molecule has 0 aliphatic heterocycles. The van der Waals surface area contributed by atoms with E-state index in [0.717, 1.165) is 4.50 Å². The monoisotopic (exact) mass is 207 g/mol. The second kappa shape index (κ2) is 3.74. The van der Waals surface area contributed by atoms with Crippen LogP contribution in [0.15, 0.2) is 54.9 Å². The first-order valence-corrected chi connectivity index (χ1v) is 4.74. The van der Waals surface area contributed by atoms with Crippen LogP contribution in [0.1, 0.15) is 5.56 Å². The molecule has 0 bridgehead atoms. The minimum atomic E-state index is 1.13. The van der Waals surface area contributed by atoms with Crippen molar-refractivity contribution in [3.8, 4) is 0 Å². The van der Waals surface area contributed by atoms with E-state index in [1.165, 1.54) is 5.56 Å². The molecule has 0 amide bonds. The first kappa shape index (κ1) is 8.50. The van der Waals surface area contributed by atoms with Crippen LogP contribution in [0.3, 0.4) is 0 Å².